The third-order valence-electron chi connectivity index (χ3n) is 22.4. The van der Waals surface area contributed by atoms with Crippen LogP contribution in [0.15, 0.2) is 0 Å². The van der Waals surface area contributed by atoms with Crippen molar-refractivity contribution in [3.05, 3.63) is 0 Å². The van der Waals surface area contributed by atoms with Gasteiger partial charge in [0.2, 0.25) is 0 Å². The largest absolute Gasteiger partial charge is 0.466 e. The molecule has 14 bridgehead atoms. The zero-order valence-corrected chi connectivity index (χ0v) is 48.3. The molecule has 0 amide bonds. The molecule has 22 fully saturated rings. The Morgan fingerprint density at radius 1 is 0.313 bits per heavy atom. The highest BCUT2D eigenvalue weighted by Gasteiger charge is 2.59. The molecule has 0 aromatic heterocycles. The minimum absolute atomic E-state index is 0.0324. The van der Waals surface area contributed by atoms with E-state index in [1.807, 2.05) is 0 Å². The maximum absolute atomic E-state index is 11.2. The fraction of sp³-hybridized carbons (Fsp3) is 0.859. The standard InChI is InChI=1S/2C9H12O2.C8H10O2.C8H12O2.C7H8O3.2C7H10O2.C5H8O2.C4H6O2/c10-9-8-6-2-1-5(3-6)7(8)4-11-9;10-9-7-3-5-1-2-6(7)8(4-5)11-9;9-8-6-2-4-1-5(6)7(3-4)10-8;9-8-7-4-2-1-3-6(7)5-10-8;8-7-4-1-3-2-5(10-7)6(4)9-3;8-7-5-1-3-6(9-7)4-2-5;8-7-5-2-1-3-6(4-5)9-7;6-5-3-1-2-4-7-5;5-4-2-1-3-6-4/h2*5-8H,1-4H2;4-7H,1-3H2;6-7H,1-5H2;3-6H,1-2H2;2*5-6H,1-4H2;1-4H2;1-3H2. The molecule has 83 heavy (non-hydrogen) atoms. The number of hydrogen-bond donors (Lipinski definition) is 0. The number of hydrogen-bond acceptors (Lipinski definition) is 19. The fourth-order valence-corrected chi connectivity index (χ4v) is 18.1. The minimum atomic E-state index is -0.0463. The normalized spacial score (nSPS) is 44.3. The first-order valence-corrected chi connectivity index (χ1v) is 32.6. The molecule has 19 nitrogen and oxygen atoms in total. The lowest BCUT2D eigenvalue weighted by Crippen LogP contribution is -2.37. The van der Waals surface area contributed by atoms with Crippen molar-refractivity contribution in [3.8, 4) is 0 Å². The van der Waals surface area contributed by atoms with E-state index in [1.165, 1.54) is 64.2 Å². The Balaban J connectivity index is 0.0000000926. The van der Waals surface area contributed by atoms with Crippen LogP contribution in [0.5, 0.6) is 0 Å². The van der Waals surface area contributed by atoms with Crippen LogP contribution in [0.2, 0.25) is 0 Å². The van der Waals surface area contributed by atoms with Gasteiger partial charge in [0.15, 0.2) is 0 Å². The Bertz CT molecular complexity index is 2330. The lowest BCUT2D eigenvalue weighted by atomic mass is 9.65. The highest BCUT2D eigenvalue weighted by atomic mass is 16.6. The Labute approximate surface area is 486 Å². The van der Waals surface area contributed by atoms with Gasteiger partial charge in [0.1, 0.15) is 36.6 Å². The number of ether oxygens (including phenoxy) is 10. The molecule has 0 spiro atoms. The first-order valence-electron chi connectivity index (χ1n) is 32.6. The van der Waals surface area contributed by atoms with Crippen molar-refractivity contribution in [1.29, 1.82) is 0 Å². The molecule has 12 heterocycles. The van der Waals surface area contributed by atoms with Crippen molar-refractivity contribution in [2.24, 2.45) is 88.8 Å². The third kappa shape index (κ3) is 13.3. The SMILES string of the molecule is O=C1CCCCO1.O=C1CCCO1.O=C1OC2CC3CC1C2C3.O=C1OC2CC3CC1C2O3.O=C1OC2CC3CCC2C1C3.O=C1OC2CCC1CC2.O=C1OC2CCCC1C2.O=C1OCC2C3CCC(C3)C12.O=C1OCC2CCCCC12. The quantitative estimate of drug-likeness (QED) is 0.164. The molecule has 22 rings (SSSR count). The highest BCUT2D eigenvalue weighted by molar-refractivity contribution is 5.79. The van der Waals surface area contributed by atoms with Crippen LogP contribution in [-0.2, 0) is 90.5 Å². The average Bonchev–Trinajstić information content (AvgIpc) is 3.84. The number of carbonyl (C=O) groups is 9. The molecule has 19 heteroatoms. The van der Waals surface area contributed by atoms with Gasteiger partial charge < -0.3 is 47.4 Å². The van der Waals surface area contributed by atoms with Crippen molar-refractivity contribution in [2.45, 2.75) is 229 Å². The second kappa shape index (κ2) is 26.0. The summed E-state index contributed by atoms with van der Waals surface area (Å²) in [5.41, 5.74) is 0. The van der Waals surface area contributed by atoms with Crippen molar-refractivity contribution in [3.63, 3.8) is 0 Å². The number of cyclic esters (lactones) is 4. The molecule has 20 atom stereocenters. The lowest BCUT2D eigenvalue weighted by molar-refractivity contribution is -0.168. The van der Waals surface area contributed by atoms with Gasteiger partial charge >= 0.3 is 53.7 Å². The zero-order chi connectivity index (χ0) is 57.3. The molecule has 10 aliphatic carbocycles. The molecule has 12 saturated heterocycles. The Kier molecular flexibility index (Phi) is 18.4. The van der Waals surface area contributed by atoms with E-state index in [0.29, 0.717) is 98.3 Å². The van der Waals surface area contributed by atoms with Crippen LogP contribution in [-0.4, -0.2) is 123 Å². The van der Waals surface area contributed by atoms with Crippen LogP contribution < -0.4 is 0 Å². The van der Waals surface area contributed by atoms with Gasteiger partial charge in [0.05, 0.1) is 74.0 Å². The monoisotopic (exact) mass is 1160 g/mol. The summed E-state index contributed by atoms with van der Waals surface area (Å²) in [6, 6.07) is 0. The molecule has 458 valence electrons. The van der Waals surface area contributed by atoms with Crippen molar-refractivity contribution in [2.75, 3.05) is 26.4 Å². The molecule has 20 unspecified atom stereocenters. The van der Waals surface area contributed by atoms with E-state index in [0.717, 1.165) is 134 Å². The Hall–Kier alpha value is -4.81. The maximum atomic E-state index is 11.2. The molecule has 0 radical (unpaired) electrons. The minimum Gasteiger partial charge on any atom is -0.466 e. The van der Waals surface area contributed by atoms with Crippen LogP contribution in [0, 0.1) is 88.8 Å². The van der Waals surface area contributed by atoms with E-state index in [-0.39, 0.29) is 102 Å². The molecule has 0 aromatic carbocycles. The number of carbonyl (C=O) groups excluding carboxylic acids is 9. The van der Waals surface area contributed by atoms with Gasteiger partial charge in [-0.1, -0.05) is 12.8 Å². The summed E-state index contributed by atoms with van der Waals surface area (Å²) in [6.45, 7) is 2.70. The van der Waals surface area contributed by atoms with Crippen LogP contribution in [0.25, 0.3) is 0 Å². The second-order valence-electron chi connectivity index (χ2n) is 27.5. The predicted molar refractivity (Wildman–Crippen MR) is 288 cm³/mol. The van der Waals surface area contributed by atoms with Gasteiger partial charge in [-0.15, -0.1) is 0 Å². The zero-order valence-electron chi connectivity index (χ0n) is 48.3. The lowest BCUT2D eigenvalue weighted by Gasteiger charge is -2.38. The second-order valence-corrected chi connectivity index (χ2v) is 27.5. The van der Waals surface area contributed by atoms with E-state index < -0.39 is 0 Å². The molecule has 0 aromatic rings. The van der Waals surface area contributed by atoms with E-state index in [9.17, 15) is 43.2 Å². The molecule has 22 aliphatic rings. The Morgan fingerprint density at radius 2 is 0.976 bits per heavy atom. The molecular weight excluding hydrogens is 1070 g/mol. The first-order chi connectivity index (χ1) is 40.3. The topological polar surface area (TPSA) is 246 Å². The highest BCUT2D eigenvalue weighted by Crippen LogP contribution is 2.56. The number of esters is 9. The summed E-state index contributed by atoms with van der Waals surface area (Å²) in [7, 11) is 0. The van der Waals surface area contributed by atoms with Crippen LogP contribution in [0.1, 0.15) is 186 Å². The summed E-state index contributed by atoms with van der Waals surface area (Å²) in [4.78, 5) is 97.4. The summed E-state index contributed by atoms with van der Waals surface area (Å²) in [5, 5.41) is 0. The Morgan fingerprint density at radius 3 is 1.52 bits per heavy atom. The van der Waals surface area contributed by atoms with Crippen molar-refractivity contribution in [1.82, 2.24) is 0 Å². The summed E-state index contributed by atoms with van der Waals surface area (Å²) in [6.07, 6.45) is 33.7. The van der Waals surface area contributed by atoms with Gasteiger partial charge in [0, 0.05) is 42.9 Å². The van der Waals surface area contributed by atoms with Gasteiger partial charge in [-0.3, -0.25) is 43.2 Å². The maximum Gasteiger partial charge on any atom is 0.312 e. The van der Waals surface area contributed by atoms with Gasteiger partial charge in [0.25, 0.3) is 0 Å². The average molecular weight is 1160 g/mol. The van der Waals surface area contributed by atoms with Crippen molar-refractivity contribution >= 4 is 53.7 Å². The van der Waals surface area contributed by atoms with Gasteiger partial charge in [-0.05, 0) is 178 Å². The molecule has 10 saturated carbocycles. The van der Waals surface area contributed by atoms with Crippen LogP contribution >= 0.6 is 0 Å². The first kappa shape index (κ1) is 58.6. The molecule has 0 N–H and O–H groups in total. The van der Waals surface area contributed by atoms with E-state index in [2.05, 4.69) is 9.47 Å². The molecular formula is C64H88O19. The van der Waals surface area contributed by atoms with Crippen LogP contribution in [0.4, 0.5) is 0 Å². The van der Waals surface area contributed by atoms with Crippen LogP contribution in [0.3, 0.4) is 0 Å². The van der Waals surface area contributed by atoms with Gasteiger partial charge in [-0.25, -0.2) is 0 Å². The van der Waals surface area contributed by atoms with Crippen molar-refractivity contribution < 1.29 is 90.5 Å². The van der Waals surface area contributed by atoms with Gasteiger partial charge in [-0.2, -0.15) is 0 Å². The van der Waals surface area contributed by atoms with E-state index in [1.54, 1.807) is 0 Å². The molecule has 12 aliphatic heterocycles. The summed E-state index contributed by atoms with van der Waals surface area (Å²) < 4.78 is 50.3. The van der Waals surface area contributed by atoms with E-state index >= 15 is 0 Å². The summed E-state index contributed by atoms with van der Waals surface area (Å²) >= 11 is 0. The summed E-state index contributed by atoms with van der Waals surface area (Å²) in [5.74, 6) is 7.72. The predicted octanol–water partition coefficient (Wildman–Crippen LogP) is 8.19. The third-order valence-corrected chi connectivity index (χ3v) is 22.4. The fourth-order valence-electron chi connectivity index (χ4n) is 18.1. The number of rotatable bonds is 0. The number of fused-ring (bicyclic) bond motifs is 14. The smallest absolute Gasteiger partial charge is 0.312 e. The van der Waals surface area contributed by atoms with E-state index in [4.69, 9.17) is 37.9 Å².